The normalized spacial score (nSPS) is 24.0. The van der Waals surface area contributed by atoms with Crippen molar-refractivity contribution in [2.24, 2.45) is 0 Å². The van der Waals surface area contributed by atoms with Crippen LogP contribution in [-0.4, -0.2) is 58.2 Å². The SMILES string of the molecule is CC(=O)N1[C@@H](C(=O)O)COC12CCN(Cc1ccccc1)CC2. The lowest BCUT2D eigenvalue weighted by Crippen LogP contribution is -2.57. The number of carboxylic acid groups (broad SMARTS) is 1. The van der Waals surface area contributed by atoms with Gasteiger partial charge in [-0.3, -0.25) is 14.6 Å². The number of amides is 1. The molecule has 1 spiro atoms. The molecule has 0 unspecified atom stereocenters. The number of likely N-dealkylation sites (tertiary alicyclic amines) is 1. The van der Waals surface area contributed by atoms with Crippen molar-refractivity contribution in [2.45, 2.75) is 38.1 Å². The highest BCUT2D eigenvalue weighted by molar-refractivity contribution is 5.83. The second kappa shape index (κ2) is 6.29. The summed E-state index contributed by atoms with van der Waals surface area (Å²) in [5.41, 5.74) is 0.504. The van der Waals surface area contributed by atoms with Gasteiger partial charge in [-0.25, -0.2) is 4.79 Å². The van der Waals surface area contributed by atoms with Crippen LogP contribution in [-0.2, 0) is 20.9 Å². The molecular weight excluding hydrogens is 296 g/mol. The first kappa shape index (κ1) is 16.0. The van der Waals surface area contributed by atoms with Gasteiger partial charge in [-0.05, 0) is 5.56 Å². The number of piperidine rings is 1. The third kappa shape index (κ3) is 3.09. The van der Waals surface area contributed by atoms with E-state index < -0.39 is 17.7 Å². The van der Waals surface area contributed by atoms with Crippen molar-refractivity contribution < 1.29 is 19.4 Å². The first-order valence-corrected chi connectivity index (χ1v) is 7.95. The van der Waals surface area contributed by atoms with Gasteiger partial charge < -0.3 is 9.84 Å². The molecule has 1 atom stereocenters. The Morgan fingerprint density at radius 1 is 1.26 bits per heavy atom. The maximum absolute atomic E-state index is 12.0. The number of rotatable bonds is 3. The van der Waals surface area contributed by atoms with Gasteiger partial charge >= 0.3 is 5.97 Å². The van der Waals surface area contributed by atoms with Gasteiger partial charge in [-0.2, -0.15) is 0 Å². The van der Waals surface area contributed by atoms with E-state index >= 15 is 0 Å². The molecule has 2 saturated heterocycles. The number of benzene rings is 1. The molecule has 0 aliphatic carbocycles. The number of carbonyl (C=O) groups is 2. The van der Waals surface area contributed by atoms with Crippen LogP contribution in [0.25, 0.3) is 0 Å². The van der Waals surface area contributed by atoms with E-state index in [4.69, 9.17) is 4.74 Å². The summed E-state index contributed by atoms with van der Waals surface area (Å²) in [6.07, 6.45) is 1.28. The van der Waals surface area contributed by atoms with E-state index in [-0.39, 0.29) is 12.5 Å². The molecule has 1 N–H and O–H groups in total. The molecule has 0 aromatic heterocycles. The number of ether oxygens (including phenoxy) is 1. The van der Waals surface area contributed by atoms with Crippen LogP contribution in [0.1, 0.15) is 25.3 Å². The van der Waals surface area contributed by atoms with Crippen LogP contribution in [0.5, 0.6) is 0 Å². The number of aliphatic carboxylic acids is 1. The van der Waals surface area contributed by atoms with Crippen LogP contribution in [0.15, 0.2) is 30.3 Å². The Bertz CT molecular complexity index is 582. The van der Waals surface area contributed by atoms with Crippen molar-refractivity contribution in [3.63, 3.8) is 0 Å². The summed E-state index contributed by atoms with van der Waals surface area (Å²) in [4.78, 5) is 27.1. The first-order valence-electron chi connectivity index (χ1n) is 7.95. The lowest BCUT2D eigenvalue weighted by molar-refractivity contribution is -0.164. The lowest BCUT2D eigenvalue weighted by Gasteiger charge is -2.44. The Balaban J connectivity index is 1.67. The summed E-state index contributed by atoms with van der Waals surface area (Å²) in [6.45, 7) is 3.92. The minimum absolute atomic E-state index is 0.0770. The molecule has 2 fully saturated rings. The number of hydrogen-bond acceptors (Lipinski definition) is 4. The molecule has 124 valence electrons. The highest BCUT2D eigenvalue weighted by Crippen LogP contribution is 2.37. The Hall–Kier alpha value is -1.92. The molecule has 0 bridgehead atoms. The van der Waals surface area contributed by atoms with Crippen molar-refractivity contribution >= 4 is 11.9 Å². The smallest absolute Gasteiger partial charge is 0.328 e. The quantitative estimate of drug-likeness (QED) is 0.910. The molecule has 2 heterocycles. The number of carbonyl (C=O) groups excluding carboxylic acids is 1. The third-order valence-corrected chi connectivity index (χ3v) is 4.77. The van der Waals surface area contributed by atoms with E-state index in [2.05, 4.69) is 17.0 Å². The third-order valence-electron chi connectivity index (χ3n) is 4.77. The van der Waals surface area contributed by atoms with Crippen LogP contribution >= 0.6 is 0 Å². The van der Waals surface area contributed by atoms with E-state index in [1.165, 1.54) is 17.4 Å². The average Bonchev–Trinajstić information content (AvgIpc) is 2.90. The van der Waals surface area contributed by atoms with Crippen LogP contribution in [0.4, 0.5) is 0 Å². The van der Waals surface area contributed by atoms with Crippen LogP contribution in [0.2, 0.25) is 0 Å². The Kier molecular flexibility index (Phi) is 4.37. The zero-order valence-corrected chi connectivity index (χ0v) is 13.3. The fourth-order valence-corrected chi connectivity index (χ4v) is 3.64. The highest BCUT2D eigenvalue weighted by atomic mass is 16.5. The maximum atomic E-state index is 12.0. The second-order valence-electron chi connectivity index (χ2n) is 6.26. The summed E-state index contributed by atoms with van der Waals surface area (Å²) in [6, 6.07) is 9.37. The molecular formula is C17H22N2O4. The number of nitrogens with zero attached hydrogens (tertiary/aromatic N) is 2. The van der Waals surface area contributed by atoms with Gasteiger partial charge in [-0.15, -0.1) is 0 Å². The second-order valence-corrected chi connectivity index (χ2v) is 6.26. The summed E-state index contributed by atoms with van der Waals surface area (Å²) in [7, 11) is 0. The van der Waals surface area contributed by atoms with Crippen molar-refractivity contribution in [1.82, 2.24) is 9.80 Å². The van der Waals surface area contributed by atoms with Crippen LogP contribution in [0.3, 0.4) is 0 Å². The number of carboxylic acids is 1. The monoisotopic (exact) mass is 318 g/mol. The summed E-state index contributed by atoms with van der Waals surface area (Å²) in [5.74, 6) is -1.23. The van der Waals surface area contributed by atoms with Crippen molar-refractivity contribution in [3.8, 4) is 0 Å². The Labute approximate surface area is 135 Å². The van der Waals surface area contributed by atoms with E-state index in [0.29, 0.717) is 12.8 Å². The van der Waals surface area contributed by atoms with Crippen molar-refractivity contribution in [2.75, 3.05) is 19.7 Å². The topological polar surface area (TPSA) is 70.1 Å². The van der Waals surface area contributed by atoms with Crippen LogP contribution < -0.4 is 0 Å². The molecule has 6 nitrogen and oxygen atoms in total. The highest BCUT2D eigenvalue weighted by Gasteiger charge is 2.52. The molecule has 1 amide bonds. The zero-order valence-electron chi connectivity index (χ0n) is 13.3. The lowest BCUT2D eigenvalue weighted by atomic mass is 9.97. The Morgan fingerprint density at radius 2 is 1.91 bits per heavy atom. The summed E-state index contributed by atoms with van der Waals surface area (Å²) >= 11 is 0. The fourth-order valence-electron chi connectivity index (χ4n) is 3.64. The van der Waals surface area contributed by atoms with Gasteiger partial charge in [0.15, 0.2) is 6.04 Å². The predicted octanol–water partition coefficient (Wildman–Crippen LogP) is 1.31. The van der Waals surface area contributed by atoms with Gasteiger partial charge in [0, 0.05) is 39.4 Å². The molecule has 2 aliphatic heterocycles. The van der Waals surface area contributed by atoms with E-state index in [0.717, 1.165) is 19.6 Å². The molecule has 2 aliphatic rings. The van der Waals surface area contributed by atoms with Gasteiger partial charge in [0.25, 0.3) is 0 Å². The molecule has 0 saturated carbocycles. The maximum Gasteiger partial charge on any atom is 0.328 e. The minimum atomic E-state index is -0.996. The van der Waals surface area contributed by atoms with Crippen molar-refractivity contribution in [1.29, 1.82) is 0 Å². The van der Waals surface area contributed by atoms with E-state index in [9.17, 15) is 14.7 Å². The van der Waals surface area contributed by atoms with Gasteiger partial charge in [-0.1, -0.05) is 30.3 Å². The molecule has 1 aromatic carbocycles. The molecule has 23 heavy (non-hydrogen) atoms. The van der Waals surface area contributed by atoms with Crippen LogP contribution in [0, 0.1) is 0 Å². The van der Waals surface area contributed by atoms with Gasteiger partial charge in [0.05, 0.1) is 6.61 Å². The average molecular weight is 318 g/mol. The fraction of sp³-hybridized carbons (Fsp3) is 0.529. The molecule has 3 rings (SSSR count). The van der Waals surface area contributed by atoms with E-state index in [1.54, 1.807) is 0 Å². The first-order chi connectivity index (χ1) is 11.0. The molecule has 6 heteroatoms. The largest absolute Gasteiger partial charge is 0.480 e. The van der Waals surface area contributed by atoms with Gasteiger partial charge in [0.1, 0.15) is 5.72 Å². The van der Waals surface area contributed by atoms with Crippen molar-refractivity contribution in [3.05, 3.63) is 35.9 Å². The summed E-state index contributed by atoms with van der Waals surface area (Å²) < 4.78 is 5.83. The predicted molar refractivity (Wildman–Crippen MR) is 83.6 cm³/mol. The molecule has 0 radical (unpaired) electrons. The number of hydrogen-bond donors (Lipinski definition) is 1. The van der Waals surface area contributed by atoms with Gasteiger partial charge in [0.2, 0.25) is 5.91 Å². The standard InChI is InChI=1S/C17H22N2O4/c1-13(20)19-15(16(21)22)12-23-17(19)7-9-18(10-8-17)11-14-5-3-2-4-6-14/h2-6,15H,7-12H2,1H3,(H,21,22)/t15-/m1/s1. The molecule has 1 aromatic rings. The Morgan fingerprint density at radius 3 is 2.48 bits per heavy atom. The van der Waals surface area contributed by atoms with E-state index in [1.807, 2.05) is 18.2 Å². The zero-order chi connectivity index (χ0) is 16.4. The summed E-state index contributed by atoms with van der Waals surface area (Å²) in [5, 5.41) is 9.31. The minimum Gasteiger partial charge on any atom is -0.480 e.